The van der Waals surface area contributed by atoms with Crippen molar-refractivity contribution in [3.8, 4) is 0 Å². The first-order chi connectivity index (χ1) is 7.10. The van der Waals surface area contributed by atoms with Gasteiger partial charge in [-0.25, -0.2) is 4.99 Å². The Labute approximate surface area is 88.7 Å². The molecular formula is C11H14N4. The fourth-order valence-electron chi connectivity index (χ4n) is 1.58. The smallest absolute Gasteiger partial charge is 0.195 e. The van der Waals surface area contributed by atoms with Crippen molar-refractivity contribution in [3.05, 3.63) is 47.7 Å². The SMILES string of the molecule is Cc1cccc(C2(N)C=CNC(N)=N2)c1. The number of aryl methyl sites for hydroxylation is 1. The van der Waals surface area contributed by atoms with Crippen LogP contribution in [0.15, 0.2) is 41.5 Å². The molecule has 1 aliphatic heterocycles. The van der Waals surface area contributed by atoms with Crippen LogP contribution in [0.2, 0.25) is 0 Å². The Bertz CT molecular complexity index is 436. The Morgan fingerprint density at radius 1 is 1.40 bits per heavy atom. The number of rotatable bonds is 1. The zero-order valence-corrected chi connectivity index (χ0v) is 8.57. The molecule has 4 heteroatoms. The van der Waals surface area contributed by atoms with Crippen LogP contribution in [0.25, 0.3) is 0 Å². The highest BCUT2D eigenvalue weighted by molar-refractivity contribution is 5.80. The molecule has 1 aromatic rings. The van der Waals surface area contributed by atoms with Gasteiger partial charge in [0.15, 0.2) is 11.6 Å². The molecule has 2 rings (SSSR count). The summed E-state index contributed by atoms with van der Waals surface area (Å²) >= 11 is 0. The third-order valence-corrected chi connectivity index (χ3v) is 2.35. The van der Waals surface area contributed by atoms with Crippen molar-refractivity contribution in [2.24, 2.45) is 16.5 Å². The summed E-state index contributed by atoms with van der Waals surface area (Å²) < 4.78 is 0. The number of hydrogen-bond donors (Lipinski definition) is 3. The first-order valence-electron chi connectivity index (χ1n) is 4.76. The fraction of sp³-hybridized carbons (Fsp3) is 0.182. The van der Waals surface area contributed by atoms with E-state index in [1.165, 1.54) is 0 Å². The highest BCUT2D eigenvalue weighted by Crippen LogP contribution is 2.23. The van der Waals surface area contributed by atoms with Crippen molar-refractivity contribution in [2.45, 2.75) is 12.6 Å². The summed E-state index contributed by atoms with van der Waals surface area (Å²) in [5, 5.41) is 2.79. The molecule has 1 unspecified atom stereocenters. The molecule has 0 amide bonds. The van der Waals surface area contributed by atoms with Crippen LogP contribution >= 0.6 is 0 Å². The van der Waals surface area contributed by atoms with Crippen molar-refractivity contribution >= 4 is 5.96 Å². The average Bonchev–Trinajstić information content (AvgIpc) is 2.17. The maximum atomic E-state index is 6.15. The lowest BCUT2D eigenvalue weighted by Gasteiger charge is -2.25. The van der Waals surface area contributed by atoms with Crippen LogP contribution in [-0.4, -0.2) is 5.96 Å². The van der Waals surface area contributed by atoms with E-state index in [0.717, 1.165) is 11.1 Å². The van der Waals surface area contributed by atoms with Gasteiger partial charge in [0.1, 0.15) is 0 Å². The maximum absolute atomic E-state index is 6.15. The Balaban J connectivity index is 2.45. The van der Waals surface area contributed by atoms with Crippen molar-refractivity contribution in [2.75, 3.05) is 0 Å². The van der Waals surface area contributed by atoms with Gasteiger partial charge >= 0.3 is 0 Å². The van der Waals surface area contributed by atoms with Gasteiger partial charge in [0, 0.05) is 6.20 Å². The maximum Gasteiger partial charge on any atom is 0.195 e. The van der Waals surface area contributed by atoms with E-state index in [1.807, 2.05) is 31.2 Å². The van der Waals surface area contributed by atoms with Crippen molar-refractivity contribution in [1.29, 1.82) is 0 Å². The van der Waals surface area contributed by atoms with Crippen LogP contribution in [0.1, 0.15) is 11.1 Å². The number of hydrogen-bond acceptors (Lipinski definition) is 4. The summed E-state index contributed by atoms with van der Waals surface area (Å²) in [6.07, 6.45) is 3.50. The quantitative estimate of drug-likeness (QED) is 0.622. The molecule has 0 saturated heterocycles. The fourth-order valence-corrected chi connectivity index (χ4v) is 1.58. The Morgan fingerprint density at radius 2 is 2.20 bits per heavy atom. The predicted molar refractivity (Wildman–Crippen MR) is 60.9 cm³/mol. The van der Waals surface area contributed by atoms with Crippen molar-refractivity contribution in [3.63, 3.8) is 0 Å². The van der Waals surface area contributed by atoms with Crippen LogP contribution in [0.5, 0.6) is 0 Å². The number of guanidine groups is 1. The topological polar surface area (TPSA) is 76.4 Å². The second kappa shape index (κ2) is 3.40. The van der Waals surface area contributed by atoms with Crippen LogP contribution in [0.3, 0.4) is 0 Å². The van der Waals surface area contributed by atoms with Crippen LogP contribution < -0.4 is 16.8 Å². The second-order valence-electron chi connectivity index (χ2n) is 3.67. The highest BCUT2D eigenvalue weighted by atomic mass is 15.2. The molecule has 78 valence electrons. The standard InChI is InChI=1S/C11H14N4/c1-8-3-2-4-9(7-8)11(13)5-6-14-10(12)15-11/h2-7H,13H2,1H3,(H3,12,14,15). The molecule has 0 spiro atoms. The molecule has 0 aromatic heterocycles. The lowest BCUT2D eigenvalue weighted by Crippen LogP contribution is -2.42. The van der Waals surface area contributed by atoms with Gasteiger partial charge in [0.2, 0.25) is 0 Å². The Hall–Kier alpha value is -1.81. The first-order valence-corrected chi connectivity index (χ1v) is 4.76. The average molecular weight is 202 g/mol. The number of nitrogens with one attached hydrogen (secondary N) is 1. The molecule has 4 nitrogen and oxygen atoms in total. The van der Waals surface area contributed by atoms with E-state index in [-0.39, 0.29) is 0 Å². The van der Waals surface area contributed by atoms with Crippen molar-refractivity contribution < 1.29 is 0 Å². The van der Waals surface area contributed by atoms with Crippen LogP contribution in [0.4, 0.5) is 0 Å². The summed E-state index contributed by atoms with van der Waals surface area (Å²) in [5.41, 5.74) is 13.0. The number of aliphatic imine (C=N–C) groups is 1. The lowest BCUT2D eigenvalue weighted by molar-refractivity contribution is 0.581. The molecule has 1 atom stereocenters. The monoisotopic (exact) mass is 202 g/mol. The van der Waals surface area contributed by atoms with Gasteiger partial charge in [0.05, 0.1) is 0 Å². The van der Waals surface area contributed by atoms with E-state index < -0.39 is 5.66 Å². The molecular weight excluding hydrogens is 188 g/mol. The number of nitrogens with zero attached hydrogens (tertiary/aromatic N) is 1. The minimum atomic E-state index is -0.846. The van der Waals surface area contributed by atoms with Gasteiger partial charge in [-0.1, -0.05) is 29.8 Å². The van der Waals surface area contributed by atoms with Gasteiger partial charge in [-0.2, -0.15) is 0 Å². The summed E-state index contributed by atoms with van der Waals surface area (Å²) in [6.45, 7) is 2.02. The van der Waals surface area contributed by atoms with E-state index in [1.54, 1.807) is 12.3 Å². The molecule has 1 heterocycles. The van der Waals surface area contributed by atoms with Gasteiger partial charge in [-0.15, -0.1) is 0 Å². The third kappa shape index (κ3) is 1.85. The summed E-state index contributed by atoms with van der Waals surface area (Å²) in [7, 11) is 0. The van der Waals surface area contributed by atoms with Gasteiger partial charge in [-0.3, -0.25) is 5.73 Å². The molecule has 1 aromatic carbocycles. The minimum Gasteiger partial charge on any atom is -0.370 e. The largest absolute Gasteiger partial charge is 0.370 e. The van der Waals surface area contributed by atoms with E-state index in [9.17, 15) is 0 Å². The third-order valence-electron chi connectivity index (χ3n) is 2.35. The van der Waals surface area contributed by atoms with Crippen LogP contribution in [0, 0.1) is 6.92 Å². The molecule has 1 aliphatic rings. The van der Waals surface area contributed by atoms with E-state index >= 15 is 0 Å². The number of benzene rings is 1. The lowest BCUT2D eigenvalue weighted by atomic mass is 9.98. The predicted octanol–water partition coefficient (Wildman–Crippen LogP) is 0.538. The summed E-state index contributed by atoms with van der Waals surface area (Å²) in [6, 6.07) is 7.93. The molecule has 0 aliphatic carbocycles. The molecule has 0 bridgehead atoms. The molecule has 0 radical (unpaired) electrons. The van der Waals surface area contributed by atoms with E-state index in [2.05, 4.69) is 10.3 Å². The zero-order chi connectivity index (χ0) is 10.9. The second-order valence-corrected chi connectivity index (χ2v) is 3.67. The minimum absolute atomic E-state index is 0.335. The molecule has 0 fully saturated rings. The molecule has 0 saturated carbocycles. The van der Waals surface area contributed by atoms with Crippen molar-refractivity contribution in [1.82, 2.24) is 5.32 Å². The van der Waals surface area contributed by atoms with E-state index in [4.69, 9.17) is 11.5 Å². The normalized spacial score (nSPS) is 24.5. The van der Waals surface area contributed by atoms with Gasteiger partial charge in [0.25, 0.3) is 0 Å². The summed E-state index contributed by atoms with van der Waals surface area (Å²) in [5.74, 6) is 0.335. The van der Waals surface area contributed by atoms with Gasteiger partial charge < -0.3 is 11.1 Å². The Kier molecular flexibility index (Phi) is 2.21. The number of nitrogens with two attached hydrogens (primary N) is 2. The zero-order valence-electron chi connectivity index (χ0n) is 8.57. The molecule has 5 N–H and O–H groups in total. The highest BCUT2D eigenvalue weighted by Gasteiger charge is 2.25. The summed E-state index contributed by atoms with van der Waals surface area (Å²) in [4.78, 5) is 4.20. The van der Waals surface area contributed by atoms with E-state index in [0.29, 0.717) is 5.96 Å². The molecule has 15 heavy (non-hydrogen) atoms. The first kappa shape index (κ1) is 9.73. The Morgan fingerprint density at radius 3 is 2.87 bits per heavy atom. The van der Waals surface area contributed by atoms with Crippen LogP contribution in [-0.2, 0) is 5.66 Å². The van der Waals surface area contributed by atoms with Gasteiger partial charge in [-0.05, 0) is 18.6 Å².